The fourth-order valence-electron chi connectivity index (χ4n) is 2.55. The van der Waals surface area contributed by atoms with Gasteiger partial charge in [-0.1, -0.05) is 44.2 Å². The topological polar surface area (TPSA) is 44.1 Å². The molecule has 0 aliphatic rings. The predicted molar refractivity (Wildman–Crippen MR) is 87.1 cm³/mol. The molecular weight excluding hydrogens is 295 g/mol. The zero-order valence-electron chi connectivity index (χ0n) is 13.8. The van der Waals surface area contributed by atoms with E-state index in [1.165, 1.54) is 4.68 Å². The number of carbonyl (C=O) groups is 1. The second-order valence-electron chi connectivity index (χ2n) is 5.55. The number of hydrogen-bond donors (Lipinski definition) is 0. The van der Waals surface area contributed by atoms with Crippen LogP contribution in [0.2, 0.25) is 0 Å². The van der Waals surface area contributed by atoms with Crippen LogP contribution in [0.4, 0.5) is 4.39 Å². The van der Waals surface area contributed by atoms with E-state index in [4.69, 9.17) is 4.74 Å². The molecule has 0 radical (unpaired) electrons. The third-order valence-electron chi connectivity index (χ3n) is 4.02. The fourth-order valence-corrected chi connectivity index (χ4v) is 2.55. The van der Waals surface area contributed by atoms with Crippen molar-refractivity contribution in [2.45, 2.75) is 45.8 Å². The number of aromatic nitrogens is 2. The molecule has 23 heavy (non-hydrogen) atoms. The SMILES string of the molecule is CCC(CC)OCC(=O)c1c(F)cnn1[C@H](C)c1ccccc1. The van der Waals surface area contributed by atoms with Gasteiger partial charge in [0.25, 0.3) is 0 Å². The summed E-state index contributed by atoms with van der Waals surface area (Å²) < 4.78 is 21.1. The number of nitrogens with zero attached hydrogens (tertiary/aromatic N) is 2. The van der Waals surface area contributed by atoms with Crippen LogP contribution in [0.25, 0.3) is 0 Å². The van der Waals surface area contributed by atoms with Crippen molar-refractivity contribution in [3.63, 3.8) is 0 Å². The Kier molecular flexibility index (Phi) is 6.04. The van der Waals surface area contributed by atoms with Crippen LogP contribution in [-0.2, 0) is 4.74 Å². The van der Waals surface area contributed by atoms with Crippen LogP contribution in [0.3, 0.4) is 0 Å². The first-order valence-electron chi connectivity index (χ1n) is 8.01. The van der Waals surface area contributed by atoms with Crippen LogP contribution in [0, 0.1) is 5.82 Å². The van der Waals surface area contributed by atoms with Crippen molar-refractivity contribution in [3.8, 4) is 0 Å². The molecule has 0 unspecified atom stereocenters. The van der Waals surface area contributed by atoms with Crippen LogP contribution in [0.1, 0.15) is 55.7 Å². The van der Waals surface area contributed by atoms with Crippen molar-refractivity contribution in [1.29, 1.82) is 0 Å². The first-order chi connectivity index (χ1) is 11.1. The summed E-state index contributed by atoms with van der Waals surface area (Å²) in [7, 11) is 0. The Bertz CT molecular complexity index is 636. The van der Waals surface area contributed by atoms with Crippen LogP contribution in [0.15, 0.2) is 36.5 Å². The third-order valence-corrected chi connectivity index (χ3v) is 4.02. The molecule has 4 nitrogen and oxygen atoms in total. The van der Waals surface area contributed by atoms with Gasteiger partial charge in [0, 0.05) is 0 Å². The van der Waals surface area contributed by atoms with Gasteiger partial charge in [-0.3, -0.25) is 9.48 Å². The average Bonchev–Trinajstić information content (AvgIpc) is 2.97. The van der Waals surface area contributed by atoms with Crippen molar-refractivity contribution in [3.05, 3.63) is 53.6 Å². The van der Waals surface area contributed by atoms with Gasteiger partial charge in [0.15, 0.2) is 5.82 Å². The van der Waals surface area contributed by atoms with Gasteiger partial charge >= 0.3 is 0 Å². The number of rotatable bonds is 8. The minimum absolute atomic E-state index is 0.0185. The maximum atomic E-state index is 14.1. The number of benzene rings is 1. The van der Waals surface area contributed by atoms with E-state index in [1.807, 2.05) is 51.1 Å². The van der Waals surface area contributed by atoms with Gasteiger partial charge in [0.2, 0.25) is 5.78 Å². The summed E-state index contributed by atoms with van der Waals surface area (Å²) >= 11 is 0. The second kappa shape index (κ2) is 8.02. The van der Waals surface area contributed by atoms with Gasteiger partial charge in [-0.15, -0.1) is 0 Å². The molecular formula is C18H23FN2O2. The van der Waals surface area contributed by atoms with E-state index in [-0.39, 0.29) is 30.2 Å². The molecule has 2 aromatic rings. The Hall–Kier alpha value is -2.01. The Morgan fingerprint density at radius 3 is 2.52 bits per heavy atom. The summed E-state index contributed by atoms with van der Waals surface area (Å²) in [6, 6.07) is 9.36. The molecule has 0 aliphatic carbocycles. The first-order valence-corrected chi connectivity index (χ1v) is 8.01. The highest BCUT2D eigenvalue weighted by atomic mass is 19.1. The van der Waals surface area contributed by atoms with E-state index in [1.54, 1.807) is 0 Å². The molecule has 1 aromatic heterocycles. The van der Waals surface area contributed by atoms with E-state index in [0.717, 1.165) is 24.6 Å². The van der Waals surface area contributed by atoms with E-state index < -0.39 is 5.82 Å². The highest BCUT2D eigenvalue weighted by Crippen LogP contribution is 2.21. The lowest BCUT2D eigenvalue weighted by Crippen LogP contribution is -2.22. The van der Waals surface area contributed by atoms with Crippen LogP contribution >= 0.6 is 0 Å². The number of carbonyl (C=O) groups excluding carboxylic acids is 1. The van der Waals surface area contributed by atoms with Gasteiger partial charge in [0.05, 0.1) is 18.3 Å². The maximum absolute atomic E-state index is 14.1. The Morgan fingerprint density at radius 1 is 1.26 bits per heavy atom. The molecule has 124 valence electrons. The summed E-state index contributed by atoms with van der Waals surface area (Å²) in [5.74, 6) is -0.986. The molecule has 0 bridgehead atoms. The highest BCUT2D eigenvalue weighted by Gasteiger charge is 2.23. The molecule has 0 saturated heterocycles. The van der Waals surface area contributed by atoms with Gasteiger partial charge in [0.1, 0.15) is 12.3 Å². The number of ketones is 1. The fraction of sp³-hybridized carbons (Fsp3) is 0.444. The lowest BCUT2D eigenvalue weighted by Gasteiger charge is -2.17. The normalized spacial score (nSPS) is 12.6. The Labute approximate surface area is 136 Å². The molecule has 0 spiro atoms. The molecule has 1 atom stereocenters. The minimum Gasteiger partial charge on any atom is -0.370 e. The number of hydrogen-bond acceptors (Lipinski definition) is 3. The Balaban J connectivity index is 2.19. The zero-order valence-corrected chi connectivity index (χ0v) is 13.8. The molecule has 0 amide bonds. The van der Waals surface area contributed by atoms with E-state index in [0.29, 0.717) is 0 Å². The van der Waals surface area contributed by atoms with E-state index >= 15 is 0 Å². The van der Waals surface area contributed by atoms with E-state index in [2.05, 4.69) is 5.10 Å². The molecule has 0 fully saturated rings. The number of ether oxygens (including phenoxy) is 1. The van der Waals surface area contributed by atoms with Crippen molar-refractivity contribution in [2.24, 2.45) is 0 Å². The lowest BCUT2D eigenvalue weighted by atomic mass is 10.1. The molecule has 0 aliphatic heterocycles. The molecule has 1 aromatic carbocycles. The van der Waals surface area contributed by atoms with E-state index in [9.17, 15) is 9.18 Å². The molecule has 1 heterocycles. The molecule has 0 saturated carbocycles. The van der Waals surface area contributed by atoms with Crippen LogP contribution in [0.5, 0.6) is 0 Å². The summed E-state index contributed by atoms with van der Waals surface area (Å²) in [6.45, 7) is 5.76. The van der Waals surface area contributed by atoms with Crippen molar-refractivity contribution < 1.29 is 13.9 Å². The van der Waals surface area contributed by atoms with Crippen molar-refractivity contribution >= 4 is 5.78 Å². The maximum Gasteiger partial charge on any atom is 0.209 e. The quantitative estimate of drug-likeness (QED) is 0.691. The third kappa shape index (κ3) is 4.05. The van der Waals surface area contributed by atoms with Gasteiger partial charge in [-0.2, -0.15) is 5.10 Å². The highest BCUT2D eigenvalue weighted by molar-refractivity contribution is 5.95. The monoisotopic (exact) mass is 318 g/mol. The summed E-state index contributed by atoms with van der Waals surface area (Å²) in [5, 5.41) is 4.05. The first kappa shape index (κ1) is 17.3. The molecule has 5 heteroatoms. The zero-order chi connectivity index (χ0) is 16.8. The lowest BCUT2D eigenvalue weighted by molar-refractivity contribution is 0.0411. The van der Waals surface area contributed by atoms with Gasteiger partial charge < -0.3 is 4.74 Å². The Morgan fingerprint density at radius 2 is 1.91 bits per heavy atom. The van der Waals surface area contributed by atoms with Crippen LogP contribution in [-0.4, -0.2) is 28.3 Å². The summed E-state index contributed by atoms with van der Waals surface area (Å²) in [5.41, 5.74) is 0.942. The van der Waals surface area contributed by atoms with Crippen molar-refractivity contribution in [1.82, 2.24) is 9.78 Å². The molecule has 2 rings (SSSR count). The van der Waals surface area contributed by atoms with Crippen molar-refractivity contribution in [2.75, 3.05) is 6.61 Å². The smallest absolute Gasteiger partial charge is 0.209 e. The van der Waals surface area contributed by atoms with Gasteiger partial charge in [-0.05, 0) is 25.3 Å². The standard InChI is InChI=1S/C18H23FN2O2/c1-4-15(5-2)23-12-17(22)18-16(19)11-20-21(18)13(3)14-9-7-6-8-10-14/h6-11,13,15H,4-5,12H2,1-3H3/t13-/m1/s1. The number of halogens is 1. The number of Topliss-reactive ketones (excluding diaryl/α,β-unsaturated/α-hetero) is 1. The minimum atomic E-state index is -0.606. The van der Waals surface area contributed by atoms with Crippen LogP contribution < -0.4 is 0 Å². The summed E-state index contributed by atoms with van der Waals surface area (Å²) in [4.78, 5) is 12.4. The van der Waals surface area contributed by atoms with Gasteiger partial charge in [-0.25, -0.2) is 4.39 Å². The summed E-state index contributed by atoms with van der Waals surface area (Å²) in [6.07, 6.45) is 2.76. The largest absolute Gasteiger partial charge is 0.370 e. The molecule has 0 N–H and O–H groups in total. The average molecular weight is 318 g/mol. The predicted octanol–water partition coefficient (Wildman–Crippen LogP) is 4.02. The second-order valence-corrected chi connectivity index (χ2v) is 5.55.